The molecule has 1 aromatic rings. The van der Waals surface area contributed by atoms with E-state index in [2.05, 4.69) is 12.2 Å². The van der Waals surface area contributed by atoms with Crippen LogP contribution in [0.1, 0.15) is 29.6 Å². The molecule has 2 rings (SSSR count). The number of carbonyl (C=O) groups excluding carboxylic acids is 2. The lowest BCUT2D eigenvalue weighted by molar-refractivity contribution is -0.139. The van der Waals surface area contributed by atoms with Crippen molar-refractivity contribution in [1.29, 1.82) is 0 Å². The standard InChI is InChI=1S/C15H16O3/c16-14(13-9-5-2-6-10-13)15(17)18-11-12-7-3-1-4-8-12/h1-3,5-6,9-10,12H,4,7-8,11H2. The van der Waals surface area contributed by atoms with Crippen molar-refractivity contribution >= 4 is 11.8 Å². The maximum atomic E-state index is 11.7. The zero-order valence-electron chi connectivity index (χ0n) is 10.2. The molecule has 3 heteroatoms. The first-order valence-corrected chi connectivity index (χ1v) is 6.19. The summed E-state index contributed by atoms with van der Waals surface area (Å²) in [5.74, 6) is -0.972. The monoisotopic (exact) mass is 244 g/mol. The second kappa shape index (κ2) is 6.15. The summed E-state index contributed by atoms with van der Waals surface area (Å²) in [6, 6.07) is 8.50. The highest BCUT2D eigenvalue weighted by Crippen LogP contribution is 2.18. The van der Waals surface area contributed by atoms with E-state index in [0.717, 1.165) is 19.3 Å². The summed E-state index contributed by atoms with van der Waals surface area (Å²) in [6.07, 6.45) is 7.19. The minimum Gasteiger partial charge on any atom is -0.459 e. The average Bonchev–Trinajstić information content (AvgIpc) is 2.46. The van der Waals surface area contributed by atoms with Crippen molar-refractivity contribution in [3.05, 3.63) is 48.0 Å². The van der Waals surface area contributed by atoms with Crippen molar-refractivity contribution < 1.29 is 14.3 Å². The molecule has 1 unspecified atom stereocenters. The number of ether oxygens (including phenoxy) is 1. The van der Waals surface area contributed by atoms with Crippen LogP contribution in [-0.2, 0) is 9.53 Å². The molecule has 1 atom stereocenters. The Morgan fingerprint density at radius 3 is 2.61 bits per heavy atom. The molecule has 1 aliphatic carbocycles. The lowest BCUT2D eigenvalue weighted by Crippen LogP contribution is -2.21. The molecule has 18 heavy (non-hydrogen) atoms. The minimum absolute atomic E-state index is 0.335. The zero-order chi connectivity index (χ0) is 12.8. The van der Waals surface area contributed by atoms with Crippen LogP contribution < -0.4 is 0 Å². The van der Waals surface area contributed by atoms with Crippen LogP contribution in [0.4, 0.5) is 0 Å². The first kappa shape index (κ1) is 12.6. The lowest BCUT2D eigenvalue weighted by Gasteiger charge is -2.16. The van der Waals surface area contributed by atoms with Crippen LogP contribution in [0.25, 0.3) is 0 Å². The van der Waals surface area contributed by atoms with Gasteiger partial charge < -0.3 is 4.74 Å². The number of hydrogen-bond donors (Lipinski definition) is 0. The molecule has 0 heterocycles. The number of allylic oxidation sites excluding steroid dienone is 2. The van der Waals surface area contributed by atoms with Crippen LogP contribution in [0, 0.1) is 5.92 Å². The molecule has 0 aliphatic heterocycles. The normalized spacial score (nSPS) is 18.3. The van der Waals surface area contributed by atoms with Gasteiger partial charge in [-0.25, -0.2) is 4.79 Å². The highest BCUT2D eigenvalue weighted by molar-refractivity contribution is 6.40. The fraction of sp³-hybridized carbons (Fsp3) is 0.333. The van der Waals surface area contributed by atoms with E-state index in [0.29, 0.717) is 18.1 Å². The van der Waals surface area contributed by atoms with Crippen LogP contribution in [0.2, 0.25) is 0 Å². The van der Waals surface area contributed by atoms with Crippen LogP contribution in [0.3, 0.4) is 0 Å². The van der Waals surface area contributed by atoms with Gasteiger partial charge in [0.15, 0.2) is 0 Å². The van der Waals surface area contributed by atoms with Gasteiger partial charge in [0.05, 0.1) is 6.61 Å². The summed E-state index contributed by atoms with van der Waals surface area (Å²) in [7, 11) is 0. The van der Waals surface area contributed by atoms with E-state index in [4.69, 9.17) is 4.74 Å². The van der Waals surface area contributed by atoms with Crippen LogP contribution >= 0.6 is 0 Å². The molecule has 0 aromatic heterocycles. The van der Waals surface area contributed by atoms with Gasteiger partial charge >= 0.3 is 5.97 Å². The van der Waals surface area contributed by atoms with Crippen molar-refractivity contribution in [3.63, 3.8) is 0 Å². The molecular formula is C15H16O3. The van der Waals surface area contributed by atoms with Crippen LogP contribution in [0.15, 0.2) is 42.5 Å². The number of hydrogen-bond acceptors (Lipinski definition) is 3. The summed E-state index contributed by atoms with van der Waals surface area (Å²) in [5, 5.41) is 0. The van der Waals surface area contributed by atoms with Crippen LogP contribution in [-0.4, -0.2) is 18.4 Å². The van der Waals surface area contributed by atoms with Crippen molar-refractivity contribution in [2.45, 2.75) is 19.3 Å². The maximum Gasteiger partial charge on any atom is 0.379 e. The molecule has 0 N–H and O–H groups in total. The second-order valence-electron chi connectivity index (χ2n) is 4.44. The summed E-state index contributed by atoms with van der Waals surface area (Å²) >= 11 is 0. The average molecular weight is 244 g/mol. The van der Waals surface area contributed by atoms with E-state index in [1.165, 1.54) is 0 Å². The molecule has 0 radical (unpaired) electrons. The molecular weight excluding hydrogens is 228 g/mol. The first-order valence-electron chi connectivity index (χ1n) is 6.19. The smallest absolute Gasteiger partial charge is 0.379 e. The van der Waals surface area contributed by atoms with Gasteiger partial charge in [-0.3, -0.25) is 4.79 Å². The minimum atomic E-state index is -0.754. The quantitative estimate of drug-likeness (QED) is 0.354. The third-order valence-electron chi connectivity index (χ3n) is 3.05. The first-order chi connectivity index (χ1) is 8.77. The van der Waals surface area contributed by atoms with Crippen molar-refractivity contribution in [1.82, 2.24) is 0 Å². The summed E-state index contributed by atoms with van der Waals surface area (Å²) in [4.78, 5) is 23.3. The number of benzene rings is 1. The van der Waals surface area contributed by atoms with Gasteiger partial charge in [-0.15, -0.1) is 0 Å². The summed E-state index contributed by atoms with van der Waals surface area (Å²) in [6.45, 7) is 0.335. The van der Waals surface area contributed by atoms with Gasteiger partial charge in [0.25, 0.3) is 5.78 Å². The Hall–Kier alpha value is -1.90. The molecule has 3 nitrogen and oxygen atoms in total. The Morgan fingerprint density at radius 1 is 1.17 bits per heavy atom. The SMILES string of the molecule is O=C(OCC1CC=CCC1)C(=O)c1ccccc1. The fourth-order valence-electron chi connectivity index (χ4n) is 1.97. The molecule has 94 valence electrons. The van der Waals surface area contributed by atoms with Gasteiger partial charge in [-0.1, -0.05) is 42.5 Å². The van der Waals surface area contributed by atoms with Gasteiger partial charge in [-0.05, 0) is 25.2 Å². The van der Waals surface area contributed by atoms with E-state index in [1.54, 1.807) is 30.3 Å². The molecule has 0 amide bonds. The molecule has 1 aliphatic rings. The van der Waals surface area contributed by atoms with E-state index in [-0.39, 0.29) is 0 Å². The number of esters is 1. The molecule has 1 aromatic carbocycles. The number of carbonyl (C=O) groups is 2. The van der Waals surface area contributed by atoms with E-state index >= 15 is 0 Å². The summed E-state index contributed by atoms with van der Waals surface area (Å²) in [5.41, 5.74) is 0.381. The second-order valence-corrected chi connectivity index (χ2v) is 4.44. The molecule has 0 saturated carbocycles. The number of Topliss-reactive ketones (excluding diaryl/α,β-unsaturated/α-hetero) is 1. The maximum absolute atomic E-state index is 11.7. The Kier molecular flexibility index (Phi) is 4.29. The van der Waals surface area contributed by atoms with E-state index in [9.17, 15) is 9.59 Å². The van der Waals surface area contributed by atoms with E-state index < -0.39 is 11.8 Å². The largest absolute Gasteiger partial charge is 0.459 e. The third kappa shape index (κ3) is 3.29. The van der Waals surface area contributed by atoms with Gasteiger partial charge in [-0.2, -0.15) is 0 Å². The lowest BCUT2D eigenvalue weighted by atomic mass is 9.95. The Labute approximate surface area is 106 Å². The van der Waals surface area contributed by atoms with Gasteiger partial charge in [0, 0.05) is 5.56 Å². The topological polar surface area (TPSA) is 43.4 Å². The predicted molar refractivity (Wildman–Crippen MR) is 68.2 cm³/mol. The van der Waals surface area contributed by atoms with E-state index in [1.807, 2.05) is 0 Å². The predicted octanol–water partition coefficient (Wildman–Crippen LogP) is 2.77. The molecule has 0 spiro atoms. The number of rotatable bonds is 4. The van der Waals surface area contributed by atoms with Crippen molar-refractivity contribution in [2.75, 3.05) is 6.61 Å². The molecule has 0 fully saturated rings. The van der Waals surface area contributed by atoms with Gasteiger partial charge in [0.1, 0.15) is 0 Å². The molecule has 0 bridgehead atoms. The highest BCUT2D eigenvalue weighted by Gasteiger charge is 2.19. The van der Waals surface area contributed by atoms with Gasteiger partial charge in [0.2, 0.25) is 0 Å². The Morgan fingerprint density at radius 2 is 1.94 bits per heavy atom. The Bertz CT molecular complexity index is 448. The van der Waals surface area contributed by atoms with Crippen LogP contribution in [0.5, 0.6) is 0 Å². The fourth-order valence-corrected chi connectivity index (χ4v) is 1.97. The Balaban J connectivity index is 1.84. The third-order valence-corrected chi connectivity index (χ3v) is 3.05. The summed E-state index contributed by atoms with van der Waals surface area (Å²) < 4.78 is 5.08. The molecule has 0 saturated heterocycles. The van der Waals surface area contributed by atoms with Crippen molar-refractivity contribution in [3.8, 4) is 0 Å². The number of ketones is 1. The van der Waals surface area contributed by atoms with Crippen molar-refractivity contribution in [2.24, 2.45) is 5.92 Å². The zero-order valence-corrected chi connectivity index (χ0v) is 10.2. The highest BCUT2D eigenvalue weighted by atomic mass is 16.5.